The average Bonchev–Trinajstić information content (AvgIpc) is 3.08. The SMILES string of the molecule is [2H]C([2H])(N)c1n[nH]c(=O)c2ccc(-c3cnn(C)c3-c3cccc(Cl)c3C#N)cc12. The first-order chi connectivity index (χ1) is 14.2. The van der Waals surface area contributed by atoms with Crippen molar-refractivity contribution >= 4 is 22.4 Å². The summed E-state index contributed by atoms with van der Waals surface area (Å²) >= 11 is 6.21. The molecule has 4 aromatic rings. The number of nitriles is 1. The Hall–Kier alpha value is -3.47. The molecule has 2 heterocycles. The van der Waals surface area contributed by atoms with Gasteiger partial charge in [0.1, 0.15) is 6.07 Å². The number of rotatable bonds is 3. The van der Waals surface area contributed by atoms with E-state index >= 15 is 0 Å². The maximum atomic E-state index is 12.2. The average molecular weight is 393 g/mol. The minimum absolute atomic E-state index is 0.0788. The Labute approximate surface area is 167 Å². The van der Waals surface area contributed by atoms with E-state index in [-0.39, 0.29) is 11.1 Å². The van der Waals surface area contributed by atoms with Crippen molar-refractivity contribution in [3.8, 4) is 28.5 Å². The van der Waals surface area contributed by atoms with Crippen LogP contribution in [0.4, 0.5) is 0 Å². The number of H-pyrrole nitrogens is 1. The van der Waals surface area contributed by atoms with Crippen molar-refractivity contribution < 1.29 is 2.74 Å². The van der Waals surface area contributed by atoms with Gasteiger partial charge in [-0.2, -0.15) is 15.5 Å². The first kappa shape index (κ1) is 15.6. The van der Waals surface area contributed by atoms with Gasteiger partial charge in [-0.1, -0.05) is 29.8 Å². The van der Waals surface area contributed by atoms with E-state index in [0.29, 0.717) is 38.4 Å². The molecule has 3 N–H and O–H groups in total. The fourth-order valence-corrected chi connectivity index (χ4v) is 3.46. The molecule has 0 amide bonds. The van der Waals surface area contributed by atoms with E-state index in [1.54, 1.807) is 54.3 Å². The van der Waals surface area contributed by atoms with E-state index in [1.807, 2.05) is 0 Å². The van der Waals surface area contributed by atoms with Gasteiger partial charge in [0.2, 0.25) is 0 Å². The van der Waals surface area contributed by atoms with E-state index in [1.165, 1.54) is 0 Å². The minimum atomic E-state index is -2.25. The number of nitrogens with two attached hydrogens (primary N) is 1. The summed E-state index contributed by atoms with van der Waals surface area (Å²) in [6, 6.07) is 12.3. The van der Waals surface area contributed by atoms with Crippen LogP contribution in [0.3, 0.4) is 0 Å². The molecule has 0 atom stereocenters. The summed E-state index contributed by atoms with van der Waals surface area (Å²) < 4.78 is 17.3. The van der Waals surface area contributed by atoms with Crippen LogP contribution in [0.25, 0.3) is 33.2 Å². The monoisotopic (exact) mass is 392 g/mol. The molecule has 8 heteroatoms. The summed E-state index contributed by atoms with van der Waals surface area (Å²) in [5.74, 6) is 0. The highest BCUT2D eigenvalue weighted by Gasteiger charge is 2.18. The van der Waals surface area contributed by atoms with Gasteiger partial charge in [0.15, 0.2) is 0 Å². The number of fused-ring (bicyclic) bond motifs is 1. The molecule has 7 nitrogen and oxygen atoms in total. The van der Waals surface area contributed by atoms with Crippen molar-refractivity contribution in [3.63, 3.8) is 0 Å². The summed E-state index contributed by atoms with van der Waals surface area (Å²) in [6.07, 6.45) is 1.63. The third-order valence-corrected chi connectivity index (χ3v) is 4.87. The summed E-state index contributed by atoms with van der Waals surface area (Å²) in [5.41, 5.74) is 8.03. The minimum Gasteiger partial charge on any atom is -0.325 e. The molecular formula is C20H15ClN6O. The number of aryl methyl sites for hydroxylation is 1. The Morgan fingerprint density at radius 3 is 2.89 bits per heavy atom. The molecule has 0 unspecified atom stereocenters. The molecule has 28 heavy (non-hydrogen) atoms. The number of aromatic nitrogens is 4. The molecule has 0 aliphatic carbocycles. The maximum absolute atomic E-state index is 12.2. The van der Waals surface area contributed by atoms with Gasteiger partial charge < -0.3 is 5.73 Å². The largest absolute Gasteiger partial charge is 0.325 e. The van der Waals surface area contributed by atoms with Gasteiger partial charge in [-0.3, -0.25) is 9.48 Å². The molecule has 138 valence electrons. The predicted molar refractivity (Wildman–Crippen MR) is 108 cm³/mol. The summed E-state index contributed by atoms with van der Waals surface area (Å²) in [5, 5.41) is 20.9. The van der Waals surface area contributed by atoms with E-state index in [2.05, 4.69) is 21.4 Å². The van der Waals surface area contributed by atoms with Crippen LogP contribution in [0.2, 0.25) is 5.02 Å². The number of nitrogens with zero attached hydrogens (tertiary/aromatic N) is 4. The van der Waals surface area contributed by atoms with Crippen LogP contribution in [0.15, 0.2) is 47.4 Å². The van der Waals surface area contributed by atoms with E-state index in [9.17, 15) is 10.1 Å². The van der Waals surface area contributed by atoms with Gasteiger partial charge in [-0.25, -0.2) is 5.10 Å². The molecule has 2 aromatic carbocycles. The summed E-state index contributed by atoms with van der Waals surface area (Å²) in [7, 11) is 1.75. The van der Waals surface area contributed by atoms with Crippen molar-refractivity contribution in [3.05, 3.63) is 69.2 Å². The van der Waals surface area contributed by atoms with Crippen LogP contribution in [-0.4, -0.2) is 20.0 Å². The molecule has 0 spiro atoms. The third kappa shape index (κ3) is 2.76. The molecule has 0 saturated heterocycles. The molecule has 0 saturated carbocycles. The number of benzene rings is 2. The van der Waals surface area contributed by atoms with Crippen LogP contribution in [0, 0.1) is 11.3 Å². The predicted octanol–water partition coefficient (Wildman–Crippen LogP) is 2.97. The van der Waals surface area contributed by atoms with E-state index < -0.39 is 12.1 Å². The van der Waals surface area contributed by atoms with Crippen LogP contribution in [0.5, 0.6) is 0 Å². The van der Waals surface area contributed by atoms with Gasteiger partial charge >= 0.3 is 0 Å². The number of hydrogen-bond donors (Lipinski definition) is 2. The number of aromatic amines is 1. The van der Waals surface area contributed by atoms with Crippen LogP contribution >= 0.6 is 11.6 Å². The zero-order valence-electron chi connectivity index (χ0n) is 16.7. The fourth-order valence-electron chi connectivity index (χ4n) is 3.25. The fraction of sp³-hybridized carbons (Fsp3) is 0.100. The lowest BCUT2D eigenvalue weighted by molar-refractivity contribution is 0.776. The lowest BCUT2D eigenvalue weighted by atomic mass is 9.96. The van der Waals surface area contributed by atoms with Crippen molar-refractivity contribution in [1.82, 2.24) is 20.0 Å². The second-order valence-corrected chi connectivity index (χ2v) is 6.52. The Balaban J connectivity index is 2.02. The van der Waals surface area contributed by atoms with Crippen molar-refractivity contribution in [2.75, 3.05) is 0 Å². The van der Waals surface area contributed by atoms with E-state index in [4.69, 9.17) is 20.1 Å². The molecule has 0 aliphatic rings. The smallest absolute Gasteiger partial charge is 0.272 e. The topological polar surface area (TPSA) is 113 Å². The van der Waals surface area contributed by atoms with Gasteiger partial charge in [0.25, 0.3) is 5.56 Å². The molecule has 4 rings (SSSR count). The Bertz CT molecular complexity index is 1400. The highest BCUT2D eigenvalue weighted by atomic mass is 35.5. The van der Waals surface area contributed by atoms with Crippen LogP contribution in [-0.2, 0) is 13.5 Å². The second kappa shape index (κ2) is 6.93. The zero-order chi connectivity index (χ0) is 21.6. The quantitative estimate of drug-likeness (QED) is 0.556. The zero-order valence-corrected chi connectivity index (χ0v) is 15.4. The van der Waals surface area contributed by atoms with Gasteiger partial charge in [0.05, 0.1) is 33.6 Å². The van der Waals surface area contributed by atoms with Crippen LogP contribution < -0.4 is 11.3 Å². The van der Waals surface area contributed by atoms with Crippen LogP contribution in [0.1, 0.15) is 14.0 Å². The molecule has 0 bridgehead atoms. The molecule has 0 aliphatic heterocycles. The van der Waals surface area contributed by atoms with Gasteiger partial charge in [-0.05, 0) is 23.8 Å². The summed E-state index contributed by atoms with van der Waals surface area (Å²) in [6.45, 7) is -2.25. The maximum Gasteiger partial charge on any atom is 0.272 e. The summed E-state index contributed by atoms with van der Waals surface area (Å²) in [4.78, 5) is 12.2. The lowest BCUT2D eigenvalue weighted by Gasteiger charge is -2.11. The third-order valence-electron chi connectivity index (χ3n) is 4.56. The lowest BCUT2D eigenvalue weighted by Crippen LogP contribution is -2.13. The normalized spacial score (nSPS) is 12.5. The Kier molecular flexibility index (Phi) is 3.85. The first-order valence-electron chi connectivity index (χ1n) is 9.25. The number of halogens is 1. The highest BCUT2D eigenvalue weighted by molar-refractivity contribution is 6.32. The van der Waals surface area contributed by atoms with Crippen molar-refractivity contribution in [2.24, 2.45) is 12.8 Å². The first-order valence-corrected chi connectivity index (χ1v) is 8.63. The Morgan fingerprint density at radius 2 is 2.14 bits per heavy atom. The second-order valence-electron chi connectivity index (χ2n) is 6.11. The molecule has 0 fully saturated rings. The highest BCUT2D eigenvalue weighted by Crippen LogP contribution is 2.36. The van der Waals surface area contributed by atoms with Gasteiger partial charge in [0, 0.05) is 32.8 Å². The van der Waals surface area contributed by atoms with Crippen molar-refractivity contribution in [1.29, 1.82) is 5.26 Å². The standard InChI is InChI=1S/C20H15ClN6O/c1-27-19(12-3-2-4-17(21)15(12)8-22)16(10-24-27)11-5-6-13-14(7-11)18(9-23)25-26-20(13)28/h2-7,10H,9,23H2,1H3,(H,26,28)/i9D2. The van der Waals surface area contributed by atoms with E-state index in [0.717, 1.165) is 0 Å². The molecule has 0 radical (unpaired) electrons. The van der Waals surface area contributed by atoms with Crippen molar-refractivity contribution in [2.45, 2.75) is 6.50 Å². The molecular weight excluding hydrogens is 376 g/mol. The Morgan fingerprint density at radius 1 is 1.32 bits per heavy atom. The number of hydrogen-bond acceptors (Lipinski definition) is 5. The molecule has 2 aromatic heterocycles. The number of nitrogens with one attached hydrogen (secondary N) is 1. The van der Waals surface area contributed by atoms with Gasteiger partial charge in [-0.15, -0.1) is 0 Å².